The molecule has 0 aliphatic carbocycles. The fourth-order valence-corrected chi connectivity index (χ4v) is 4.18. The number of fused-ring (bicyclic) bond motifs is 1. The minimum Gasteiger partial charge on any atom is -0.454 e. The first-order valence-corrected chi connectivity index (χ1v) is 10.8. The summed E-state index contributed by atoms with van der Waals surface area (Å²) in [6.07, 6.45) is 1.89. The summed E-state index contributed by atoms with van der Waals surface area (Å²) in [6.45, 7) is 7.09. The Morgan fingerprint density at radius 2 is 2.00 bits per heavy atom. The van der Waals surface area contributed by atoms with Crippen LogP contribution in [0.3, 0.4) is 0 Å². The van der Waals surface area contributed by atoms with Gasteiger partial charge >= 0.3 is 0 Å². The maximum absolute atomic E-state index is 12.2. The zero-order chi connectivity index (χ0) is 23.0. The van der Waals surface area contributed by atoms with Crippen LogP contribution in [0.2, 0.25) is 0 Å². The molecule has 3 aromatic rings. The number of aryl methyl sites for hydroxylation is 2. The number of benzene rings is 1. The van der Waals surface area contributed by atoms with E-state index in [-0.39, 0.29) is 29.0 Å². The van der Waals surface area contributed by atoms with Crippen LogP contribution >= 0.6 is 0 Å². The zero-order valence-corrected chi connectivity index (χ0v) is 18.6. The van der Waals surface area contributed by atoms with Crippen LogP contribution in [0.25, 0.3) is 11.0 Å². The number of nitrogens with one attached hydrogen (secondary N) is 1. The van der Waals surface area contributed by atoms with Gasteiger partial charge < -0.3 is 20.8 Å². The molecule has 32 heavy (non-hydrogen) atoms. The number of aromatic nitrogens is 2. The van der Waals surface area contributed by atoms with Crippen molar-refractivity contribution in [1.82, 2.24) is 15.1 Å². The van der Waals surface area contributed by atoms with Gasteiger partial charge in [-0.25, -0.2) is 5.10 Å². The van der Waals surface area contributed by atoms with Crippen LogP contribution < -0.4 is 17.0 Å². The lowest BCUT2D eigenvalue weighted by Crippen LogP contribution is -2.39. The molecule has 9 heteroatoms. The van der Waals surface area contributed by atoms with Crippen molar-refractivity contribution >= 4 is 34.1 Å². The van der Waals surface area contributed by atoms with Crippen molar-refractivity contribution in [2.24, 2.45) is 4.99 Å². The molecule has 1 saturated heterocycles. The van der Waals surface area contributed by atoms with Crippen molar-refractivity contribution in [1.29, 1.82) is 0 Å². The van der Waals surface area contributed by atoms with Gasteiger partial charge in [0.25, 0.3) is 5.56 Å². The Labute approximate surface area is 185 Å². The van der Waals surface area contributed by atoms with E-state index in [4.69, 9.17) is 20.9 Å². The highest BCUT2D eigenvalue weighted by Gasteiger charge is 2.27. The summed E-state index contributed by atoms with van der Waals surface area (Å²) < 4.78 is 6.19. The molecule has 1 fully saturated rings. The molecule has 0 bridgehead atoms. The highest BCUT2D eigenvalue weighted by molar-refractivity contribution is 6.18. The Morgan fingerprint density at radius 1 is 1.28 bits per heavy atom. The number of aliphatic imine (C=N–C) groups is 1. The second-order valence-electron chi connectivity index (χ2n) is 8.23. The summed E-state index contributed by atoms with van der Waals surface area (Å²) >= 11 is 0. The normalized spacial score (nSPS) is 15.5. The summed E-state index contributed by atoms with van der Waals surface area (Å²) in [6, 6.07) is 5.87. The van der Waals surface area contributed by atoms with E-state index in [0.29, 0.717) is 49.4 Å². The molecule has 5 N–H and O–H groups in total. The molecule has 1 aliphatic rings. The second kappa shape index (κ2) is 8.49. The zero-order valence-electron chi connectivity index (χ0n) is 18.6. The van der Waals surface area contributed by atoms with Crippen molar-refractivity contribution in [2.45, 2.75) is 46.1 Å². The summed E-state index contributed by atoms with van der Waals surface area (Å²) in [5, 5.41) is 7.18. The highest BCUT2D eigenvalue weighted by Crippen LogP contribution is 2.31. The fourth-order valence-electron chi connectivity index (χ4n) is 4.18. The van der Waals surface area contributed by atoms with Gasteiger partial charge in [0.2, 0.25) is 5.91 Å². The summed E-state index contributed by atoms with van der Waals surface area (Å²) in [7, 11) is 0. The van der Waals surface area contributed by atoms with Crippen LogP contribution in [-0.2, 0) is 4.79 Å². The van der Waals surface area contributed by atoms with Gasteiger partial charge in [-0.05, 0) is 38.8 Å². The van der Waals surface area contributed by atoms with Gasteiger partial charge in [-0.1, -0.05) is 18.6 Å². The minimum absolute atomic E-state index is 0.0501. The second-order valence-corrected chi connectivity index (χ2v) is 8.23. The number of nitrogens with two attached hydrogens (primary N) is 2. The topological polar surface area (TPSA) is 144 Å². The third-order valence-electron chi connectivity index (χ3n) is 6.02. The highest BCUT2D eigenvalue weighted by atomic mass is 16.3. The van der Waals surface area contributed by atoms with E-state index in [9.17, 15) is 9.59 Å². The van der Waals surface area contributed by atoms with Crippen molar-refractivity contribution in [2.75, 3.05) is 24.6 Å². The lowest BCUT2D eigenvalue weighted by molar-refractivity contribution is -0.131. The lowest BCUT2D eigenvalue weighted by atomic mass is 10.0. The van der Waals surface area contributed by atoms with E-state index < -0.39 is 5.56 Å². The van der Waals surface area contributed by atoms with Crippen molar-refractivity contribution in [3.8, 4) is 0 Å². The molecule has 1 amide bonds. The monoisotopic (exact) mass is 436 g/mol. The van der Waals surface area contributed by atoms with Gasteiger partial charge in [0.1, 0.15) is 17.0 Å². The van der Waals surface area contributed by atoms with E-state index in [1.165, 1.54) is 0 Å². The van der Waals surface area contributed by atoms with Gasteiger partial charge in [-0.2, -0.15) is 5.10 Å². The number of H-pyrrole nitrogens is 1. The number of carbonyl (C=O) groups excluding carboxylic acids is 1. The number of nitrogen functional groups attached to an aromatic ring is 2. The van der Waals surface area contributed by atoms with E-state index in [2.05, 4.69) is 10.2 Å². The van der Waals surface area contributed by atoms with Crippen molar-refractivity contribution in [3.63, 3.8) is 0 Å². The molecule has 1 aliphatic heterocycles. The van der Waals surface area contributed by atoms with Crippen LogP contribution in [0.4, 0.5) is 11.5 Å². The maximum Gasteiger partial charge on any atom is 0.288 e. The van der Waals surface area contributed by atoms with Crippen LogP contribution in [0, 0.1) is 13.8 Å². The molecule has 0 radical (unpaired) electrons. The first-order chi connectivity index (χ1) is 15.3. The van der Waals surface area contributed by atoms with Crippen LogP contribution in [0.1, 0.15) is 48.6 Å². The number of likely N-dealkylation sites (tertiary alicyclic amines) is 1. The Morgan fingerprint density at radius 3 is 2.69 bits per heavy atom. The van der Waals surface area contributed by atoms with Gasteiger partial charge in [0.15, 0.2) is 11.6 Å². The molecule has 4 rings (SSSR count). The summed E-state index contributed by atoms with van der Waals surface area (Å²) in [5.41, 5.74) is 15.1. The molecule has 0 unspecified atom stereocenters. The average Bonchev–Trinajstić information content (AvgIpc) is 3.11. The molecule has 1 aromatic carbocycles. The number of anilines is 2. The summed E-state index contributed by atoms with van der Waals surface area (Å²) in [5.74, 6) is 0.738. The molecule has 3 heterocycles. The first kappa shape index (κ1) is 21.6. The molecule has 9 nitrogen and oxygen atoms in total. The van der Waals surface area contributed by atoms with E-state index in [1.54, 1.807) is 0 Å². The van der Waals surface area contributed by atoms with Gasteiger partial charge in [0, 0.05) is 30.5 Å². The Kier molecular flexibility index (Phi) is 5.73. The largest absolute Gasteiger partial charge is 0.454 e. The smallest absolute Gasteiger partial charge is 0.288 e. The first-order valence-electron chi connectivity index (χ1n) is 10.8. The van der Waals surface area contributed by atoms with E-state index >= 15 is 0 Å². The lowest BCUT2D eigenvalue weighted by Gasteiger charge is -2.30. The quantitative estimate of drug-likeness (QED) is 0.536. The molecule has 0 atom stereocenters. The number of piperidine rings is 1. The third-order valence-corrected chi connectivity index (χ3v) is 6.02. The van der Waals surface area contributed by atoms with Crippen molar-refractivity contribution in [3.05, 3.63) is 51.0 Å². The molecule has 2 aromatic heterocycles. The maximum atomic E-state index is 12.2. The number of amides is 1. The minimum atomic E-state index is -0.533. The number of rotatable bonds is 4. The van der Waals surface area contributed by atoms with E-state index in [1.807, 2.05) is 43.9 Å². The molecular formula is C23H28N6O3. The predicted molar refractivity (Wildman–Crippen MR) is 125 cm³/mol. The number of carbonyl (C=O) groups is 1. The Bertz CT molecular complexity index is 1260. The average molecular weight is 437 g/mol. The van der Waals surface area contributed by atoms with E-state index in [0.717, 1.165) is 16.5 Å². The number of nitrogens with zero attached hydrogens (tertiary/aromatic N) is 3. The molecule has 0 spiro atoms. The predicted octanol–water partition coefficient (Wildman–Crippen LogP) is 2.54. The number of hydrogen-bond donors (Lipinski definition) is 3. The Hall–Kier alpha value is -3.62. The van der Waals surface area contributed by atoms with Gasteiger partial charge in [-0.3, -0.25) is 14.6 Å². The van der Waals surface area contributed by atoms with Crippen LogP contribution in [0.15, 0.2) is 32.4 Å². The Balaban J connectivity index is 1.84. The van der Waals surface area contributed by atoms with Gasteiger partial charge in [-0.15, -0.1) is 0 Å². The summed E-state index contributed by atoms with van der Waals surface area (Å²) in [4.78, 5) is 31.1. The number of hydrogen-bond acceptors (Lipinski definition) is 7. The number of furan rings is 1. The molecule has 0 saturated carbocycles. The SMILES string of the molecule is CCC(=O)N1CCC(N=C(c2oc3ccc(C)cc3c2C)c2c(N)n[nH]c(=O)c2N)CC1. The standard InChI is InChI=1S/C23H28N6O3/c1-4-17(30)29-9-7-14(8-10-29)26-20(18-19(24)23(31)28-27-22(18)25)21-13(3)15-11-12(2)5-6-16(15)32-21/h5-6,11,14H,4,7-10H2,1-3H3,(H,28,31)(H4,24,25,27). The van der Waals surface area contributed by atoms with Crippen LogP contribution in [-0.4, -0.2) is 45.8 Å². The molecular weight excluding hydrogens is 408 g/mol. The fraction of sp³-hybridized carbons (Fsp3) is 0.391. The van der Waals surface area contributed by atoms with Crippen molar-refractivity contribution < 1.29 is 9.21 Å². The third kappa shape index (κ3) is 3.86. The van der Waals surface area contributed by atoms with Crippen LogP contribution in [0.5, 0.6) is 0 Å². The van der Waals surface area contributed by atoms with Gasteiger partial charge in [0.05, 0.1) is 11.6 Å². The number of aromatic amines is 1. The molecule has 168 valence electrons.